The molecule has 70 valence electrons. The summed E-state index contributed by atoms with van der Waals surface area (Å²) in [7, 11) is 3.89. The van der Waals surface area contributed by atoms with Gasteiger partial charge in [-0.15, -0.1) is 0 Å². The van der Waals surface area contributed by atoms with Crippen LogP contribution in [0.5, 0.6) is 0 Å². The number of aliphatic carboxylic acids is 1. The third kappa shape index (κ3) is 7.70. The van der Waals surface area contributed by atoms with Crippen molar-refractivity contribution in [1.29, 1.82) is 0 Å². The summed E-state index contributed by atoms with van der Waals surface area (Å²) in [4.78, 5) is 10.1. The molecular formula is C8H13KO2S2. The maximum Gasteiger partial charge on any atom is 1.00 e. The summed E-state index contributed by atoms with van der Waals surface area (Å²) >= 11 is 0. The van der Waals surface area contributed by atoms with Gasteiger partial charge in [-0.3, -0.25) is 0 Å². The minimum absolute atomic E-state index is 0. The van der Waals surface area contributed by atoms with Crippen LogP contribution in [0.1, 0.15) is 32.1 Å². The summed E-state index contributed by atoms with van der Waals surface area (Å²) in [6.45, 7) is 0. The van der Waals surface area contributed by atoms with E-state index in [0.29, 0.717) is 0 Å². The average molecular weight is 244 g/mol. The van der Waals surface area contributed by atoms with Gasteiger partial charge in [-0.25, -0.2) is 0 Å². The van der Waals surface area contributed by atoms with Gasteiger partial charge in [0.2, 0.25) is 0 Å². The molecule has 0 unspecified atom stereocenters. The van der Waals surface area contributed by atoms with Crippen LogP contribution >= 0.6 is 21.6 Å². The smallest absolute Gasteiger partial charge is 0.550 e. The van der Waals surface area contributed by atoms with E-state index in [1.54, 1.807) is 0 Å². The van der Waals surface area contributed by atoms with Crippen LogP contribution in [-0.4, -0.2) is 17.0 Å². The SMILES string of the molecule is O=C([O-])CCCC[C@H]1CCSS1.[K+]. The third-order valence-corrected chi connectivity index (χ3v) is 4.89. The molecule has 0 aromatic heterocycles. The maximum absolute atomic E-state index is 10.1. The minimum atomic E-state index is -0.913. The molecule has 0 N–H and O–H groups in total. The zero-order valence-corrected chi connectivity index (χ0v) is 12.7. The number of carbonyl (C=O) groups is 1. The Hall–Kier alpha value is 1.81. The van der Waals surface area contributed by atoms with Crippen molar-refractivity contribution in [3.63, 3.8) is 0 Å². The van der Waals surface area contributed by atoms with Gasteiger partial charge < -0.3 is 9.90 Å². The Labute approximate surface area is 130 Å². The molecule has 0 saturated carbocycles. The van der Waals surface area contributed by atoms with Gasteiger partial charge in [0.1, 0.15) is 0 Å². The van der Waals surface area contributed by atoms with E-state index in [1.165, 1.54) is 18.6 Å². The molecule has 0 aliphatic carbocycles. The molecule has 0 aromatic rings. The molecule has 2 nitrogen and oxygen atoms in total. The first kappa shape index (κ1) is 14.8. The van der Waals surface area contributed by atoms with Gasteiger partial charge in [-0.05, 0) is 25.7 Å². The molecule has 0 radical (unpaired) electrons. The van der Waals surface area contributed by atoms with Gasteiger partial charge in [0.15, 0.2) is 0 Å². The summed E-state index contributed by atoms with van der Waals surface area (Å²) in [5.74, 6) is 0.346. The summed E-state index contributed by atoms with van der Waals surface area (Å²) in [6.07, 6.45) is 4.51. The first-order chi connectivity index (χ1) is 5.79. The van der Waals surface area contributed by atoms with Gasteiger partial charge >= 0.3 is 51.4 Å². The fourth-order valence-electron chi connectivity index (χ4n) is 1.21. The Kier molecular flexibility index (Phi) is 10.3. The summed E-state index contributed by atoms with van der Waals surface area (Å²) < 4.78 is 0. The zero-order chi connectivity index (χ0) is 8.81. The Bertz CT molecular complexity index is 149. The standard InChI is InChI=1S/C8H14O2S2.K/c9-8(10)4-2-1-3-7-5-6-11-12-7;/h7H,1-6H2,(H,9,10);/q;+1/p-1/t7-;/m0./s1. The number of carboxylic acids is 1. The Morgan fingerprint density at radius 1 is 1.46 bits per heavy atom. The summed E-state index contributed by atoms with van der Waals surface area (Å²) in [5, 5.41) is 10.8. The summed E-state index contributed by atoms with van der Waals surface area (Å²) in [5.41, 5.74) is 0. The first-order valence-corrected chi connectivity index (χ1v) is 6.65. The van der Waals surface area contributed by atoms with Crippen LogP contribution < -0.4 is 56.5 Å². The molecule has 0 amide bonds. The van der Waals surface area contributed by atoms with Crippen molar-refractivity contribution < 1.29 is 61.3 Å². The van der Waals surface area contributed by atoms with Crippen molar-refractivity contribution in [3.8, 4) is 0 Å². The van der Waals surface area contributed by atoms with Gasteiger partial charge in [-0.1, -0.05) is 28.0 Å². The van der Waals surface area contributed by atoms with Crippen LogP contribution in [0.15, 0.2) is 0 Å². The van der Waals surface area contributed by atoms with Crippen LogP contribution in [0.4, 0.5) is 0 Å². The fraction of sp³-hybridized carbons (Fsp3) is 0.875. The Morgan fingerprint density at radius 2 is 2.23 bits per heavy atom. The van der Waals surface area contributed by atoms with Crippen molar-refractivity contribution in [1.82, 2.24) is 0 Å². The van der Waals surface area contributed by atoms with Crippen LogP contribution in [0.25, 0.3) is 0 Å². The molecule has 1 aliphatic rings. The van der Waals surface area contributed by atoms with E-state index in [2.05, 4.69) is 0 Å². The number of carboxylic acid groups (broad SMARTS) is 1. The van der Waals surface area contributed by atoms with Crippen LogP contribution in [-0.2, 0) is 4.79 Å². The number of hydrogen-bond acceptors (Lipinski definition) is 4. The summed E-state index contributed by atoms with van der Waals surface area (Å²) in [6, 6.07) is 0. The Morgan fingerprint density at radius 3 is 2.77 bits per heavy atom. The van der Waals surface area contributed by atoms with Gasteiger partial charge in [-0.2, -0.15) is 0 Å². The molecule has 0 aromatic carbocycles. The normalized spacial score (nSPS) is 21.1. The molecular weight excluding hydrogens is 231 g/mol. The second-order valence-corrected chi connectivity index (χ2v) is 5.73. The minimum Gasteiger partial charge on any atom is -0.550 e. The van der Waals surface area contributed by atoms with Crippen molar-refractivity contribution in [2.75, 3.05) is 5.75 Å². The molecule has 1 atom stereocenters. The molecule has 1 saturated heterocycles. The second kappa shape index (κ2) is 9.06. The fourth-order valence-corrected chi connectivity index (χ4v) is 4.23. The first-order valence-electron chi connectivity index (χ1n) is 4.27. The Balaban J connectivity index is 0.00000144. The molecule has 1 fully saturated rings. The monoisotopic (exact) mass is 244 g/mol. The number of hydrogen-bond donors (Lipinski definition) is 0. The van der Waals surface area contributed by atoms with E-state index in [4.69, 9.17) is 0 Å². The maximum atomic E-state index is 10.1. The van der Waals surface area contributed by atoms with E-state index < -0.39 is 5.97 Å². The van der Waals surface area contributed by atoms with Crippen molar-refractivity contribution >= 4 is 27.6 Å². The van der Waals surface area contributed by atoms with Gasteiger partial charge in [0.05, 0.1) is 0 Å². The van der Waals surface area contributed by atoms with E-state index in [1.807, 2.05) is 21.6 Å². The van der Waals surface area contributed by atoms with Crippen molar-refractivity contribution in [3.05, 3.63) is 0 Å². The molecule has 0 bridgehead atoms. The molecule has 1 aliphatic heterocycles. The van der Waals surface area contributed by atoms with Gasteiger partial charge in [0.25, 0.3) is 0 Å². The average Bonchev–Trinajstić information content (AvgIpc) is 2.49. The zero-order valence-electron chi connectivity index (χ0n) is 7.95. The number of rotatable bonds is 5. The third-order valence-electron chi connectivity index (χ3n) is 1.88. The largest absolute Gasteiger partial charge is 1.00 e. The van der Waals surface area contributed by atoms with E-state index in [9.17, 15) is 9.90 Å². The topological polar surface area (TPSA) is 40.1 Å². The van der Waals surface area contributed by atoms with Crippen LogP contribution in [0, 0.1) is 0 Å². The van der Waals surface area contributed by atoms with Crippen LogP contribution in [0.2, 0.25) is 0 Å². The molecule has 5 heteroatoms. The number of unbranched alkanes of at least 4 members (excludes halogenated alkanes) is 1. The van der Waals surface area contributed by atoms with Crippen molar-refractivity contribution in [2.45, 2.75) is 37.4 Å². The molecule has 0 spiro atoms. The number of carbonyl (C=O) groups excluding carboxylic acids is 1. The van der Waals surface area contributed by atoms with Crippen molar-refractivity contribution in [2.24, 2.45) is 0 Å². The molecule has 13 heavy (non-hydrogen) atoms. The van der Waals surface area contributed by atoms with Crippen LogP contribution in [0.3, 0.4) is 0 Å². The van der Waals surface area contributed by atoms with E-state index >= 15 is 0 Å². The molecule has 1 rings (SSSR count). The van der Waals surface area contributed by atoms with E-state index in [-0.39, 0.29) is 57.8 Å². The molecule has 1 heterocycles. The quantitative estimate of drug-likeness (QED) is 0.334. The second-order valence-electron chi connectivity index (χ2n) is 2.95. The van der Waals surface area contributed by atoms with Gasteiger partial charge in [0, 0.05) is 17.0 Å². The predicted molar refractivity (Wildman–Crippen MR) is 51.9 cm³/mol. The van der Waals surface area contributed by atoms with E-state index in [0.717, 1.165) is 18.1 Å². The predicted octanol–water partition coefficient (Wildman–Crippen LogP) is -1.55.